The number of aromatic nitrogens is 2. The topological polar surface area (TPSA) is 87.4 Å². The zero-order valence-electron chi connectivity index (χ0n) is 14.9. The van der Waals surface area contributed by atoms with Crippen molar-refractivity contribution < 1.29 is 36.6 Å². The number of carbonyl (C=O) groups is 1. The summed E-state index contributed by atoms with van der Waals surface area (Å²) < 4.78 is 61.0. The molecule has 0 atom stereocenters. The molecule has 0 aliphatic heterocycles. The van der Waals surface area contributed by atoms with Crippen LogP contribution in [0.2, 0.25) is 10.0 Å². The monoisotopic (exact) mass is 477 g/mol. The van der Waals surface area contributed by atoms with Crippen molar-refractivity contribution in [2.24, 2.45) is 0 Å². The Kier molecular flexibility index (Phi) is 6.37. The van der Waals surface area contributed by atoms with Crippen LogP contribution in [0.15, 0.2) is 49.1 Å². The molecule has 162 valence electrons. The smallest absolute Gasteiger partial charge is 0.573 e. The Balaban J connectivity index is 1.92. The van der Waals surface area contributed by atoms with Crippen LogP contribution in [0.5, 0.6) is 17.2 Å². The Morgan fingerprint density at radius 1 is 1.16 bits per heavy atom. The maximum atomic E-state index is 14.7. The molecular weight excluding hydrogens is 469 g/mol. The van der Waals surface area contributed by atoms with Crippen LogP contribution in [0.1, 0.15) is 10.4 Å². The standard InChI is InChI=1S/C18H9Cl2F4N3O4/c19-12-5-13(30-10-1-3-11(4-2-10)31-18(22,23)24)14(16(21)15(12)20)17(28)26-9-6-25-8-27(29)7-9/h1-8H,(H,26,28). The molecule has 0 fully saturated rings. The van der Waals surface area contributed by atoms with E-state index in [1.54, 1.807) is 0 Å². The van der Waals surface area contributed by atoms with Crippen molar-refractivity contribution in [2.75, 3.05) is 5.32 Å². The fraction of sp³-hybridized carbons (Fsp3) is 0.0556. The summed E-state index contributed by atoms with van der Waals surface area (Å²) in [4.78, 5) is 16.2. The number of carbonyl (C=O) groups excluding carboxylic acids is 1. The first-order chi connectivity index (χ1) is 14.5. The number of halogens is 6. The minimum atomic E-state index is -4.88. The number of benzene rings is 2. The second kappa shape index (κ2) is 8.82. The maximum absolute atomic E-state index is 14.7. The van der Waals surface area contributed by atoms with Crippen LogP contribution in [0, 0.1) is 11.0 Å². The first-order valence-electron chi connectivity index (χ1n) is 8.10. The molecule has 0 saturated heterocycles. The molecule has 31 heavy (non-hydrogen) atoms. The SMILES string of the molecule is O=C(Nc1cnc[n+]([O-])c1)c1c(Oc2ccc(OC(F)(F)F)cc2)cc(Cl)c(Cl)c1F. The van der Waals surface area contributed by atoms with Gasteiger partial charge in [0.1, 0.15) is 34.7 Å². The van der Waals surface area contributed by atoms with E-state index >= 15 is 0 Å². The van der Waals surface area contributed by atoms with Gasteiger partial charge >= 0.3 is 6.36 Å². The summed E-state index contributed by atoms with van der Waals surface area (Å²) in [5.41, 5.74) is -0.709. The number of hydrogen-bond donors (Lipinski definition) is 1. The normalized spacial score (nSPS) is 11.2. The summed E-state index contributed by atoms with van der Waals surface area (Å²) >= 11 is 11.6. The predicted molar refractivity (Wildman–Crippen MR) is 101 cm³/mol. The van der Waals surface area contributed by atoms with Gasteiger partial charge in [-0.3, -0.25) is 4.79 Å². The van der Waals surface area contributed by atoms with E-state index in [0.717, 1.165) is 49.1 Å². The second-order valence-electron chi connectivity index (χ2n) is 5.77. The van der Waals surface area contributed by atoms with Crippen molar-refractivity contribution in [3.8, 4) is 17.2 Å². The number of alkyl halides is 3. The van der Waals surface area contributed by atoms with Crippen molar-refractivity contribution in [2.45, 2.75) is 6.36 Å². The van der Waals surface area contributed by atoms with Crippen LogP contribution in [0.4, 0.5) is 23.2 Å². The number of nitrogens with zero attached hydrogens (tertiary/aromatic N) is 2. The van der Waals surface area contributed by atoms with Gasteiger partial charge < -0.3 is 20.0 Å². The molecule has 13 heteroatoms. The highest BCUT2D eigenvalue weighted by Gasteiger charge is 2.31. The molecule has 0 radical (unpaired) electrons. The molecule has 0 saturated carbocycles. The zero-order valence-corrected chi connectivity index (χ0v) is 16.4. The predicted octanol–water partition coefficient (Wildman–Crippen LogP) is 5.10. The van der Waals surface area contributed by atoms with Gasteiger partial charge in [0.25, 0.3) is 12.2 Å². The van der Waals surface area contributed by atoms with Crippen LogP contribution < -0.4 is 19.5 Å². The van der Waals surface area contributed by atoms with Crippen LogP contribution in [-0.4, -0.2) is 17.3 Å². The summed E-state index contributed by atoms with van der Waals surface area (Å²) in [5.74, 6) is -3.21. The molecule has 1 N–H and O–H groups in total. The third-order valence-electron chi connectivity index (χ3n) is 3.56. The van der Waals surface area contributed by atoms with Gasteiger partial charge in [0.05, 0.1) is 10.0 Å². The molecule has 1 amide bonds. The highest BCUT2D eigenvalue weighted by Crippen LogP contribution is 2.37. The minimum absolute atomic E-state index is 0.0485. The largest absolute Gasteiger partial charge is 0.711 e. The Morgan fingerprint density at radius 3 is 2.42 bits per heavy atom. The number of hydrogen-bond acceptors (Lipinski definition) is 5. The quantitative estimate of drug-likeness (QED) is 0.239. The minimum Gasteiger partial charge on any atom is -0.711 e. The Hall–Kier alpha value is -3.31. The molecule has 0 bridgehead atoms. The van der Waals surface area contributed by atoms with Crippen molar-refractivity contribution in [3.05, 3.63) is 75.7 Å². The van der Waals surface area contributed by atoms with E-state index in [2.05, 4.69) is 15.0 Å². The Morgan fingerprint density at radius 2 is 1.81 bits per heavy atom. The van der Waals surface area contributed by atoms with E-state index in [0.29, 0.717) is 4.73 Å². The average molecular weight is 478 g/mol. The number of nitrogens with one attached hydrogen (secondary N) is 1. The molecule has 3 rings (SSSR count). The van der Waals surface area contributed by atoms with Gasteiger partial charge in [-0.25, -0.2) is 9.12 Å². The van der Waals surface area contributed by atoms with E-state index in [4.69, 9.17) is 27.9 Å². The van der Waals surface area contributed by atoms with Crippen molar-refractivity contribution in [3.63, 3.8) is 0 Å². The van der Waals surface area contributed by atoms with Gasteiger partial charge in [0.2, 0.25) is 0 Å². The Bertz CT molecular complexity index is 1130. The average Bonchev–Trinajstić information content (AvgIpc) is 2.66. The highest BCUT2D eigenvalue weighted by atomic mass is 35.5. The fourth-order valence-corrected chi connectivity index (χ4v) is 2.67. The van der Waals surface area contributed by atoms with Gasteiger partial charge in [0.15, 0.2) is 12.0 Å². The molecule has 1 aromatic heterocycles. The van der Waals surface area contributed by atoms with Gasteiger partial charge in [-0.1, -0.05) is 28.2 Å². The number of ether oxygens (including phenoxy) is 2. The van der Waals surface area contributed by atoms with Gasteiger partial charge in [-0.2, -0.15) is 0 Å². The van der Waals surface area contributed by atoms with Gasteiger partial charge in [-0.05, 0) is 24.3 Å². The van der Waals surface area contributed by atoms with Crippen molar-refractivity contribution in [1.29, 1.82) is 0 Å². The molecule has 7 nitrogen and oxygen atoms in total. The zero-order chi connectivity index (χ0) is 22.8. The summed E-state index contributed by atoms with van der Waals surface area (Å²) in [6.07, 6.45) is -1.84. The molecule has 3 aromatic rings. The molecular formula is C18H9Cl2F4N3O4. The molecule has 0 spiro atoms. The first-order valence-corrected chi connectivity index (χ1v) is 8.85. The molecule has 2 aromatic carbocycles. The summed E-state index contributed by atoms with van der Waals surface area (Å²) in [7, 11) is 0. The van der Waals surface area contributed by atoms with Crippen LogP contribution in [0.25, 0.3) is 0 Å². The maximum Gasteiger partial charge on any atom is 0.573 e. The number of anilines is 1. The molecule has 0 aliphatic carbocycles. The summed E-state index contributed by atoms with van der Waals surface area (Å²) in [6.45, 7) is 0. The summed E-state index contributed by atoms with van der Waals surface area (Å²) in [5, 5.41) is 12.7. The highest BCUT2D eigenvalue weighted by molar-refractivity contribution is 6.42. The van der Waals surface area contributed by atoms with Gasteiger partial charge in [-0.15, -0.1) is 13.2 Å². The lowest BCUT2D eigenvalue weighted by molar-refractivity contribution is -0.608. The third-order valence-corrected chi connectivity index (χ3v) is 4.32. The lowest BCUT2D eigenvalue weighted by Gasteiger charge is -2.14. The number of rotatable bonds is 5. The van der Waals surface area contributed by atoms with Crippen molar-refractivity contribution in [1.82, 2.24) is 4.98 Å². The van der Waals surface area contributed by atoms with E-state index in [-0.39, 0.29) is 22.2 Å². The lowest BCUT2D eigenvalue weighted by Crippen LogP contribution is -2.27. The first kappa shape index (κ1) is 22.4. The van der Waals surface area contributed by atoms with Gasteiger partial charge in [0, 0.05) is 6.07 Å². The van der Waals surface area contributed by atoms with Crippen molar-refractivity contribution >= 4 is 34.8 Å². The second-order valence-corrected chi connectivity index (χ2v) is 6.56. The van der Waals surface area contributed by atoms with E-state index < -0.39 is 34.4 Å². The van der Waals surface area contributed by atoms with Crippen LogP contribution >= 0.6 is 23.2 Å². The summed E-state index contributed by atoms with van der Waals surface area (Å²) in [6, 6.07) is 5.17. The van der Waals surface area contributed by atoms with E-state index in [1.165, 1.54) is 0 Å². The molecule has 1 heterocycles. The third kappa shape index (κ3) is 5.64. The molecule has 0 aliphatic rings. The lowest BCUT2D eigenvalue weighted by atomic mass is 10.1. The van der Waals surface area contributed by atoms with E-state index in [1.807, 2.05) is 0 Å². The van der Waals surface area contributed by atoms with Crippen LogP contribution in [0.3, 0.4) is 0 Å². The molecule has 0 unspecified atom stereocenters. The Labute approximate surface area is 181 Å². The fourth-order valence-electron chi connectivity index (χ4n) is 2.34. The number of amides is 1. The van der Waals surface area contributed by atoms with Crippen LogP contribution in [-0.2, 0) is 0 Å². The van der Waals surface area contributed by atoms with E-state index in [9.17, 15) is 27.6 Å².